The summed E-state index contributed by atoms with van der Waals surface area (Å²) in [6.45, 7) is 0.133. The second kappa shape index (κ2) is 5.99. The van der Waals surface area contributed by atoms with Gasteiger partial charge in [0.15, 0.2) is 0 Å². The Balaban J connectivity index is 2.57. The molecule has 0 bridgehead atoms. The van der Waals surface area contributed by atoms with Gasteiger partial charge < -0.3 is 10.2 Å². The monoisotopic (exact) mass is 228 g/mol. The number of carbonyl (C=O) groups is 2. The van der Waals surface area contributed by atoms with Crippen LogP contribution in [-0.2, 0) is 9.59 Å². The molecule has 1 unspecified atom stereocenters. The van der Waals surface area contributed by atoms with Crippen molar-refractivity contribution in [2.45, 2.75) is 51.4 Å². The van der Waals surface area contributed by atoms with Crippen LogP contribution < -0.4 is 0 Å². The van der Waals surface area contributed by atoms with Crippen LogP contribution in [0.2, 0.25) is 0 Å². The highest BCUT2D eigenvalue weighted by molar-refractivity contribution is 6.03. The lowest BCUT2D eigenvalue weighted by Gasteiger charge is -2.31. The second-order valence-electron chi connectivity index (χ2n) is 4.55. The fourth-order valence-electron chi connectivity index (χ4n) is 2.40. The molecule has 1 aliphatic rings. The van der Waals surface area contributed by atoms with Gasteiger partial charge in [0, 0.05) is 13.0 Å². The summed E-state index contributed by atoms with van der Waals surface area (Å²) in [6, 6.07) is 0. The first-order valence-electron chi connectivity index (χ1n) is 6.01. The molecule has 0 radical (unpaired) electrons. The summed E-state index contributed by atoms with van der Waals surface area (Å²) in [6.07, 6.45) is 5.16. The van der Waals surface area contributed by atoms with Gasteiger partial charge in [0.2, 0.25) is 0 Å². The normalized spacial score (nSPS) is 25.7. The maximum atomic E-state index is 11.8. The molecule has 0 aliphatic heterocycles. The molecule has 2 N–H and O–H groups in total. The van der Waals surface area contributed by atoms with Crippen LogP contribution in [0.3, 0.4) is 0 Å². The Labute approximate surface area is 95.7 Å². The molecule has 0 aromatic carbocycles. The quantitative estimate of drug-likeness (QED) is 0.536. The molecule has 0 spiro atoms. The van der Waals surface area contributed by atoms with Gasteiger partial charge in [-0.3, -0.25) is 9.59 Å². The summed E-state index contributed by atoms with van der Waals surface area (Å²) in [4.78, 5) is 23.1. The highest BCUT2D eigenvalue weighted by Gasteiger charge is 2.45. The van der Waals surface area contributed by atoms with Crippen LogP contribution in [0.15, 0.2) is 0 Å². The number of Topliss-reactive ketones (excluding diaryl/α,β-unsaturated/α-hetero) is 1. The zero-order valence-corrected chi connectivity index (χ0v) is 9.57. The molecule has 1 fully saturated rings. The van der Waals surface area contributed by atoms with Gasteiger partial charge in [-0.05, 0) is 25.7 Å². The number of rotatable bonds is 6. The Kier molecular flexibility index (Phi) is 4.93. The van der Waals surface area contributed by atoms with Crippen LogP contribution >= 0.6 is 0 Å². The third kappa shape index (κ3) is 2.82. The van der Waals surface area contributed by atoms with E-state index in [1.165, 1.54) is 0 Å². The molecule has 1 aliphatic carbocycles. The van der Waals surface area contributed by atoms with Crippen LogP contribution in [0.4, 0.5) is 0 Å². The van der Waals surface area contributed by atoms with Crippen molar-refractivity contribution in [3.8, 4) is 0 Å². The summed E-state index contributed by atoms with van der Waals surface area (Å²) >= 11 is 0. The van der Waals surface area contributed by atoms with Gasteiger partial charge >= 0.3 is 5.97 Å². The van der Waals surface area contributed by atoms with Crippen molar-refractivity contribution >= 4 is 11.8 Å². The van der Waals surface area contributed by atoms with Crippen LogP contribution in [0.5, 0.6) is 0 Å². The Morgan fingerprint density at radius 3 is 2.56 bits per heavy atom. The van der Waals surface area contributed by atoms with Crippen molar-refractivity contribution < 1.29 is 19.8 Å². The predicted molar refractivity (Wildman–Crippen MR) is 59.1 cm³/mol. The number of hydrogen-bond acceptors (Lipinski definition) is 3. The van der Waals surface area contributed by atoms with E-state index in [4.69, 9.17) is 5.11 Å². The maximum absolute atomic E-state index is 11.8. The van der Waals surface area contributed by atoms with E-state index in [2.05, 4.69) is 0 Å². The van der Waals surface area contributed by atoms with E-state index in [0.717, 1.165) is 19.3 Å². The molecule has 1 saturated carbocycles. The molecule has 4 heteroatoms. The summed E-state index contributed by atoms with van der Waals surface area (Å²) in [5, 5.41) is 17.9. The van der Waals surface area contributed by atoms with Crippen molar-refractivity contribution in [3.63, 3.8) is 0 Å². The molecule has 0 aromatic rings. The van der Waals surface area contributed by atoms with Crippen molar-refractivity contribution in [3.05, 3.63) is 0 Å². The minimum Gasteiger partial charge on any atom is -0.480 e. The van der Waals surface area contributed by atoms with Gasteiger partial charge in [0.05, 0.1) is 0 Å². The molecule has 0 aromatic heterocycles. The van der Waals surface area contributed by atoms with Crippen LogP contribution in [0, 0.1) is 5.41 Å². The summed E-state index contributed by atoms with van der Waals surface area (Å²) < 4.78 is 0. The van der Waals surface area contributed by atoms with Crippen LogP contribution in [-0.4, -0.2) is 28.6 Å². The van der Waals surface area contributed by atoms with E-state index in [9.17, 15) is 14.7 Å². The molecular formula is C12H20O4. The van der Waals surface area contributed by atoms with Gasteiger partial charge in [-0.2, -0.15) is 0 Å². The maximum Gasteiger partial charge on any atom is 0.317 e. The summed E-state index contributed by atoms with van der Waals surface area (Å²) in [5.74, 6) is -1.06. The molecule has 1 atom stereocenters. The third-order valence-corrected chi connectivity index (χ3v) is 3.46. The molecule has 0 amide bonds. The first kappa shape index (κ1) is 13.2. The summed E-state index contributed by atoms with van der Waals surface area (Å²) in [7, 11) is 0. The Morgan fingerprint density at radius 2 is 2.00 bits per heavy atom. The molecule has 16 heavy (non-hydrogen) atoms. The Bertz CT molecular complexity index is 262. The van der Waals surface area contributed by atoms with Crippen LogP contribution in [0.1, 0.15) is 51.4 Å². The minimum absolute atomic E-state index is 0.102. The summed E-state index contributed by atoms with van der Waals surface area (Å²) in [5.41, 5.74) is -1.12. The van der Waals surface area contributed by atoms with Crippen molar-refractivity contribution in [1.82, 2.24) is 0 Å². The van der Waals surface area contributed by atoms with E-state index in [0.29, 0.717) is 32.1 Å². The lowest BCUT2D eigenvalue weighted by Crippen LogP contribution is -2.41. The van der Waals surface area contributed by atoms with Gasteiger partial charge in [-0.1, -0.05) is 19.3 Å². The molecule has 0 saturated heterocycles. The molecule has 1 rings (SSSR count). The molecule has 4 nitrogen and oxygen atoms in total. The molecule has 0 heterocycles. The third-order valence-electron chi connectivity index (χ3n) is 3.46. The number of aliphatic hydroxyl groups excluding tert-OH is 1. The van der Waals surface area contributed by atoms with Crippen molar-refractivity contribution in [2.24, 2.45) is 5.41 Å². The van der Waals surface area contributed by atoms with E-state index < -0.39 is 11.4 Å². The lowest BCUT2D eigenvalue weighted by atomic mass is 9.70. The largest absolute Gasteiger partial charge is 0.480 e. The molecule has 92 valence electrons. The van der Waals surface area contributed by atoms with Crippen molar-refractivity contribution in [2.75, 3.05) is 6.61 Å². The average molecular weight is 228 g/mol. The number of carbonyl (C=O) groups excluding carboxylic acids is 1. The van der Waals surface area contributed by atoms with Gasteiger partial charge in [-0.15, -0.1) is 0 Å². The number of unbranched alkanes of at least 4 members (excludes halogenated alkanes) is 2. The van der Waals surface area contributed by atoms with Gasteiger partial charge in [0.25, 0.3) is 0 Å². The number of carboxylic acid groups (broad SMARTS) is 1. The minimum atomic E-state index is -1.12. The standard InChI is InChI=1S/C12H20O4/c13-9-5-1-3-7-12(11(15)16)8-4-2-6-10(12)14/h13H,1-9H2,(H,15,16). The number of ketones is 1. The van der Waals surface area contributed by atoms with Gasteiger partial charge in [0.1, 0.15) is 11.2 Å². The fraction of sp³-hybridized carbons (Fsp3) is 0.833. The Morgan fingerprint density at radius 1 is 1.25 bits per heavy atom. The molecular weight excluding hydrogens is 208 g/mol. The van der Waals surface area contributed by atoms with E-state index in [1.807, 2.05) is 0 Å². The van der Waals surface area contributed by atoms with E-state index >= 15 is 0 Å². The lowest BCUT2D eigenvalue weighted by molar-refractivity contribution is -0.157. The number of carboxylic acids is 1. The number of aliphatic carboxylic acids is 1. The Hall–Kier alpha value is -0.900. The average Bonchev–Trinajstić information content (AvgIpc) is 2.26. The predicted octanol–water partition coefficient (Wildman–Crippen LogP) is 1.75. The van der Waals surface area contributed by atoms with Gasteiger partial charge in [-0.25, -0.2) is 0 Å². The fourth-order valence-corrected chi connectivity index (χ4v) is 2.40. The first-order valence-corrected chi connectivity index (χ1v) is 6.01. The van der Waals surface area contributed by atoms with Crippen LogP contribution in [0.25, 0.3) is 0 Å². The second-order valence-corrected chi connectivity index (χ2v) is 4.55. The highest BCUT2D eigenvalue weighted by atomic mass is 16.4. The van der Waals surface area contributed by atoms with E-state index in [1.54, 1.807) is 0 Å². The SMILES string of the molecule is O=C(O)C1(CCCCCO)CCCCC1=O. The van der Waals surface area contributed by atoms with Crippen molar-refractivity contribution in [1.29, 1.82) is 0 Å². The number of hydrogen-bond donors (Lipinski definition) is 2. The highest BCUT2D eigenvalue weighted by Crippen LogP contribution is 2.38. The smallest absolute Gasteiger partial charge is 0.317 e. The zero-order valence-electron chi connectivity index (χ0n) is 9.57. The zero-order chi connectivity index (χ0) is 12.0. The number of aliphatic hydroxyl groups is 1. The van der Waals surface area contributed by atoms with E-state index in [-0.39, 0.29) is 12.4 Å². The first-order chi connectivity index (χ1) is 7.63. The topological polar surface area (TPSA) is 74.6 Å².